The molecule has 3 atom stereocenters. The predicted octanol–water partition coefficient (Wildman–Crippen LogP) is 3.51. The normalized spacial score (nSPS) is 26.2. The van der Waals surface area contributed by atoms with E-state index in [0.717, 1.165) is 4.90 Å². The Hall–Kier alpha value is -3.13. The topological polar surface area (TPSA) is 90.0 Å². The second-order valence-electron chi connectivity index (χ2n) is 8.36. The number of benzene rings is 2. The van der Waals surface area contributed by atoms with Gasteiger partial charge in [0, 0.05) is 16.0 Å². The highest BCUT2D eigenvalue weighted by atomic mass is 32.2. The third-order valence-electron chi connectivity index (χ3n) is 6.89. The van der Waals surface area contributed by atoms with Gasteiger partial charge < -0.3 is 14.4 Å². The summed E-state index contributed by atoms with van der Waals surface area (Å²) in [4.78, 5) is 56.5. The van der Waals surface area contributed by atoms with Crippen molar-refractivity contribution in [3.63, 3.8) is 0 Å². The number of hydrogen-bond acceptors (Lipinski definition) is 8. The number of hydrogen-bond donors (Lipinski definition) is 0. The molecule has 0 amide bonds. The van der Waals surface area contributed by atoms with Crippen LogP contribution in [0.1, 0.15) is 41.5 Å². The number of ether oxygens (including phenoxy) is 2. The van der Waals surface area contributed by atoms with E-state index in [2.05, 4.69) is 0 Å². The maximum atomic E-state index is 14.2. The van der Waals surface area contributed by atoms with Crippen LogP contribution in [-0.2, 0) is 19.1 Å². The Morgan fingerprint density at radius 1 is 0.909 bits per heavy atom. The van der Waals surface area contributed by atoms with Crippen molar-refractivity contribution in [2.75, 3.05) is 18.1 Å². The lowest BCUT2D eigenvalue weighted by Crippen LogP contribution is -2.56. The molecule has 5 rings (SSSR count). The number of ketones is 2. The molecule has 7 nitrogen and oxygen atoms in total. The summed E-state index contributed by atoms with van der Waals surface area (Å²) in [5.41, 5.74) is -0.631. The Kier molecular flexibility index (Phi) is 4.90. The second-order valence-corrected chi connectivity index (χ2v) is 9.80. The van der Waals surface area contributed by atoms with Crippen LogP contribution in [-0.4, -0.2) is 47.6 Å². The lowest BCUT2D eigenvalue weighted by molar-refractivity contribution is -0.157. The van der Waals surface area contributed by atoms with Crippen LogP contribution in [0, 0.1) is 11.3 Å². The van der Waals surface area contributed by atoms with Crippen LogP contribution in [0.25, 0.3) is 0 Å². The number of rotatable bonds is 4. The third kappa shape index (κ3) is 2.52. The zero-order valence-electron chi connectivity index (χ0n) is 18.5. The maximum absolute atomic E-state index is 14.2. The van der Waals surface area contributed by atoms with Crippen molar-refractivity contribution < 1.29 is 28.7 Å². The monoisotopic (exact) mass is 465 g/mol. The van der Waals surface area contributed by atoms with Crippen LogP contribution >= 0.6 is 11.8 Å². The van der Waals surface area contributed by atoms with Gasteiger partial charge in [0.1, 0.15) is 22.2 Å². The smallest absolute Gasteiger partial charge is 0.329 e. The van der Waals surface area contributed by atoms with Gasteiger partial charge in [-0.1, -0.05) is 48.2 Å². The molecule has 3 aliphatic rings. The Labute approximate surface area is 195 Å². The Morgan fingerprint density at radius 2 is 1.45 bits per heavy atom. The highest BCUT2D eigenvalue weighted by Crippen LogP contribution is 2.69. The Bertz CT molecular complexity index is 1170. The highest BCUT2D eigenvalue weighted by molar-refractivity contribution is 8.01. The van der Waals surface area contributed by atoms with Gasteiger partial charge in [0.25, 0.3) is 0 Å². The van der Waals surface area contributed by atoms with Crippen molar-refractivity contribution in [1.82, 2.24) is 0 Å². The molecule has 0 radical (unpaired) electrons. The van der Waals surface area contributed by atoms with E-state index in [1.54, 1.807) is 49.9 Å². The fourth-order valence-corrected chi connectivity index (χ4v) is 7.34. The molecule has 2 aromatic carbocycles. The average Bonchev–Trinajstić information content (AvgIpc) is 3.32. The minimum absolute atomic E-state index is 0.0523. The van der Waals surface area contributed by atoms with Crippen LogP contribution < -0.4 is 4.90 Å². The second kappa shape index (κ2) is 7.45. The Balaban J connectivity index is 1.83. The van der Waals surface area contributed by atoms with E-state index < -0.39 is 45.8 Å². The van der Waals surface area contributed by atoms with Crippen molar-refractivity contribution in [2.45, 2.75) is 36.6 Å². The number of nitrogens with zero attached hydrogens (tertiary/aromatic N) is 1. The minimum Gasteiger partial charge on any atom is -0.466 e. The zero-order chi connectivity index (χ0) is 23.5. The van der Waals surface area contributed by atoms with Gasteiger partial charge in [0.2, 0.25) is 0 Å². The van der Waals surface area contributed by atoms with Crippen molar-refractivity contribution in [1.29, 1.82) is 0 Å². The number of carbonyl (C=O) groups is 4. The fourth-order valence-electron chi connectivity index (χ4n) is 5.71. The molecule has 8 heteroatoms. The van der Waals surface area contributed by atoms with Gasteiger partial charge in [-0.3, -0.25) is 14.4 Å². The van der Waals surface area contributed by atoms with Gasteiger partial charge in [0.05, 0.1) is 18.9 Å². The molecule has 33 heavy (non-hydrogen) atoms. The molecule has 170 valence electrons. The molecule has 1 fully saturated rings. The van der Waals surface area contributed by atoms with Gasteiger partial charge in [-0.15, -0.1) is 0 Å². The molecule has 2 aliphatic heterocycles. The van der Waals surface area contributed by atoms with Gasteiger partial charge >= 0.3 is 11.9 Å². The quantitative estimate of drug-likeness (QED) is 0.501. The maximum Gasteiger partial charge on any atom is 0.329 e. The van der Waals surface area contributed by atoms with Crippen molar-refractivity contribution in [3.05, 3.63) is 59.7 Å². The first-order valence-electron chi connectivity index (χ1n) is 10.9. The van der Waals surface area contributed by atoms with E-state index in [1.807, 2.05) is 24.3 Å². The van der Waals surface area contributed by atoms with E-state index in [4.69, 9.17) is 9.47 Å². The van der Waals surface area contributed by atoms with Crippen LogP contribution in [0.15, 0.2) is 53.4 Å². The van der Waals surface area contributed by atoms with E-state index in [1.165, 1.54) is 11.8 Å². The van der Waals surface area contributed by atoms with Crippen molar-refractivity contribution in [2.24, 2.45) is 11.3 Å². The van der Waals surface area contributed by atoms with Gasteiger partial charge in [-0.2, -0.15) is 0 Å². The summed E-state index contributed by atoms with van der Waals surface area (Å²) >= 11 is 1.33. The number of anilines is 1. The third-order valence-corrected chi connectivity index (χ3v) is 8.37. The summed E-state index contributed by atoms with van der Waals surface area (Å²) in [6, 6.07) is 12.8. The van der Waals surface area contributed by atoms with Crippen molar-refractivity contribution in [3.8, 4) is 0 Å². The molecule has 2 heterocycles. The molecule has 0 saturated carbocycles. The predicted molar refractivity (Wildman–Crippen MR) is 121 cm³/mol. The number of esters is 2. The summed E-state index contributed by atoms with van der Waals surface area (Å²) in [5, 5.41) is 0. The number of Topliss-reactive ketones (excluding diaryl/α,β-unsaturated/α-hetero) is 2. The number of para-hydroxylation sites is 1. The highest BCUT2D eigenvalue weighted by Gasteiger charge is 2.81. The number of carbonyl (C=O) groups excluding carboxylic acids is 4. The molecule has 0 aromatic heterocycles. The van der Waals surface area contributed by atoms with Gasteiger partial charge in [-0.25, -0.2) is 4.79 Å². The first-order valence-corrected chi connectivity index (χ1v) is 11.8. The van der Waals surface area contributed by atoms with E-state index in [0.29, 0.717) is 5.69 Å². The largest absolute Gasteiger partial charge is 0.466 e. The SMILES string of the molecule is CCOC(=O)[C@@H]1[C@@H](C(=O)OCC)C2(C(=O)c3ccccc3C2=O)C2(C)Sc3ccccc3N12. The number of fused-ring (bicyclic) bond motifs is 5. The van der Waals surface area contributed by atoms with Gasteiger partial charge in [-0.05, 0) is 32.9 Å². The summed E-state index contributed by atoms with van der Waals surface area (Å²) < 4.78 is 10.8. The zero-order valence-corrected chi connectivity index (χ0v) is 19.3. The molecule has 0 bridgehead atoms. The lowest BCUT2D eigenvalue weighted by atomic mass is 9.67. The van der Waals surface area contributed by atoms with E-state index in [-0.39, 0.29) is 24.3 Å². The molecule has 2 aromatic rings. The van der Waals surface area contributed by atoms with Crippen molar-refractivity contribution >= 4 is 41.0 Å². The van der Waals surface area contributed by atoms with E-state index in [9.17, 15) is 19.2 Å². The Morgan fingerprint density at radius 3 is 2.06 bits per heavy atom. The fraction of sp³-hybridized carbons (Fsp3) is 0.360. The van der Waals surface area contributed by atoms with Crippen LogP contribution in [0.4, 0.5) is 5.69 Å². The summed E-state index contributed by atoms with van der Waals surface area (Å²) in [6.45, 7) is 5.25. The molecular formula is C25H23NO6S. The van der Waals surface area contributed by atoms with Crippen LogP contribution in [0.2, 0.25) is 0 Å². The summed E-state index contributed by atoms with van der Waals surface area (Å²) in [7, 11) is 0. The lowest BCUT2D eigenvalue weighted by Gasteiger charge is -2.39. The summed E-state index contributed by atoms with van der Waals surface area (Å²) in [6.07, 6.45) is 0. The number of thioether (sulfide) groups is 1. The standard InChI is InChI=1S/C25H23NO6S/c1-4-31-22(29)18-19(23(30)32-5-2)26-16-12-8-9-13-17(16)33-24(26,3)25(18)20(27)14-10-6-7-11-15(14)21(25)28/h6-13,18-19H,4-5H2,1-3H3/t18-,19-,24?/m0/s1. The van der Waals surface area contributed by atoms with Crippen LogP contribution in [0.3, 0.4) is 0 Å². The molecule has 1 saturated heterocycles. The first kappa shape index (κ1) is 21.7. The first-order chi connectivity index (χ1) is 15.8. The molecule has 1 aliphatic carbocycles. The van der Waals surface area contributed by atoms with E-state index >= 15 is 0 Å². The molecule has 1 unspecified atom stereocenters. The van der Waals surface area contributed by atoms with Crippen LogP contribution in [0.5, 0.6) is 0 Å². The minimum atomic E-state index is -1.84. The molecule has 0 N–H and O–H groups in total. The molecule has 1 spiro atoms. The molecular weight excluding hydrogens is 442 g/mol. The average molecular weight is 466 g/mol. The summed E-state index contributed by atoms with van der Waals surface area (Å²) in [5.74, 6) is -3.68. The van der Waals surface area contributed by atoms with Gasteiger partial charge in [0.15, 0.2) is 11.6 Å².